The fourth-order valence-electron chi connectivity index (χ4n) is 1.35. The van der Waals surface area contributed by atoms with Gasteiger partial charge in [0.2, 0.25) is 0 Å². The molecule has 0 radical (unpaired) electrons. The Bertz CT molecular complexity index is 302. The monoisotopic (exact) mass is 266 g/mol. The van der Waals surface area contributed by atoms with Gasteiger partial charge in [-0.05, 0) is 44.5 Å². The highest BCUT2D eigenvalue weighted by atomic mass is 35.5. The zero-order valence-corrected chi connectivity index (χ0v) is 11.1. The second-order valence-electron chi connectivity index (χ2n) is 3.45. The van der Waals surface area contributed by atoms with E-state index in [2.05, 4.69) is 12.2 Å². The highest BCUT2D eigenvalue weighted by Crippen LogP contribution is 2.34. The Morgan fingerprint density at radius 3 is 2.73 bits per heavy atom. The third-order valence-corrected chi connectivity index (χ3v) is 3.75. The topological polar surface area (TPSA) is 38.0 Å². The van der Waals surface area contributed by atoms with Crippen molar-refractivity contribution in [1.82, 2.24) is 5.32 Å². The predicted octanol–water partition coefficient (Wildman–Crippen LogP) is 3.44. The summed E-state index contributed by atoms with van der Waals surface area (Å²) in [6.07, 6.45) is 2.15. The molecular weight excluding hydrogens is 251 g/mol. The summed E-state index contributed by atoms with van der Waals surface area (Å²) < 4.78 is 1.52. The molecule has 0 aromatic carbocycles. The van der Waals surface area contributed by atoms with E-state index in [4.69, 9.17) is 28.9 Å². The average Bonchev–Trinajstić information content (AvgIpc) is 2.52. The van der Waals surface area contributed by atoms with Crippen LogP contribution in [0.1, 0.15) is 31.4 Å². The highest BCUT2D eigenvalue weighted by molar-refractivity contribution is 7.20. The van der Waals surface area contributed by atoms with Crippen LogP contribution in [0.25, 0.3) is 0 Å². The molecular formula is C10H16Cl2N2S. The SMILES string of the molecule is CC(NCCCCN)c1cc(Cl)sc1Cl. The fraction of sp³-hybridized carbons (Fsp3) is 0.600. The smallest absolute Gasteiger partial charge is 0.0991 e. The van der Waals surface area contributed by atoms with Crippen LogP contribution in [0.2, 0.25) is 8.67 Å². The lowest BCUT2D eigenvalue weighted by Crippen LogP contribution is -2.20. The van der Waals surface area contributed by atoms with Crippen molar-refractivity contribution in [2.45, 2.75) is 25.8 Å². The molecule has 0 fully saturated rings. The molecule has 1 aromatic rings. The molecule has 5 heteroatoms. The number of nitrogens with two attached hydrogens (primary N) is 1. The van der Waals surface area contributed by atoms with Crippen LogP contribution >= 0.6 is 34.5 Å². The van der Waals surface area contributed by atoms with E-state index in [0.717, 1.165) is 40.2 Å². The summed E-state index contributed by atoms with van der Waals surface area (Å²) in [5.41, 5.74) is 6.50. The minimum absolute atomic E-state index is 0.249. The molecule has 0 spiro atoms. The third kappa shape index (κ3) is 4.29. The molecule has 0 bridgehead atoms. The molecule has 1 heterocycles. The second kappa shape index (κ2) is 6.71. The van der Waals surface area contributed by atoms with Crippen molar-refractivity contribution in [3.63, 3.8) is 0 Å². The van der Waals surface area contributed by atoms with Gasteiger partial charge in [0.25, 0.3) is 0 Å². The largest absolute Gasteiger partial charge is 0.330 e. The first-order valence-corrected chi connectivity index (χ1v) is 6.60. The van der Waals surface area contributed by atoms with Crippen LogP contribution in [0, 0.1) is 0 Å². The van der Waals surface area contributed by atoms with Gasteiger partial charge >= 0.3 is 0 Å². The van der Waals surface area contributed by atoms with Crippen molar-refractivity contribution in [1.29, 1.82) is 0 Å². The molecule has 1 atom stereocenters. The predicted molar refractivity (Wildman–Crippen MR) is 69.0 cm³/mol. The lowest BCUT2D eigenvalue weighted by molar-refractivity contribution is 0.550. The first-order valence-electron chi connectivity index (χ1n) is 5.03. The molecule has 0 amide bonds. The van der Waals surface area contributed by atoms with Crippen LogP contribution in [0.4, 0.5) is 0 Å². The van der Waals surface area contributed by atoms with Gasteiger partial charge in [0, 0.05) is 6.04 Å². The van der Waals surface area contributed by atoms with Gasteiger partial charge in [-0.2, -0.15) is 0 Å². The molecule has 15 heavy (non-hydrogen) atoms. The Balaban J connectivity index is 2.39. The van der Waals surface area contributed by atoms with Gasteiger partial charge in [-0.1, -0.05) is 23.2 Å². The number of nitrogens with one attached hydrogen (secondary N) is 1. The summed E-state index contributed by atoms with van der Waals surface area (Å²) in [6.45, 7) is 3.80. The van der Waals surface area contributed by atoms with Gasteiger partial charge in [0.05, 0.1) is 8.67 Å². The molecule has 1 rings (SSSR count). The van der Waals surface area contributed by atoms with Crippen molar-refractivity contribution in [2.75, 3.05) is 13.1 Å². The molecule has 86 valence electrons. The standard InChI is InChI=1S/C10H16Cl2N2S/c1-7(14-5-3-2-4-13)8-6-9(11)15-10(8)12/h6-7,14H,2-5,13H2,1H3. The van der Waals surface area contributed by atoms with Gasteiger partial charge < -0.3 is 11.1 Å². The molecule has 0 aliphatic rings. The molecule has 1 aromatic heterocycles. The number of rotatable bonds is 6. The molecule has 0 saturated carbocycles. The van der Waals surface area contributed by atoms with E-state index in [0.29, 0.717) is 0 Å². The van der Waals surface area contributed by atoms with E-state index in [9.17, 15) is 0 Å². The van der Waals surface area contributed by atoms with Crippen LogP contribution in [0.15, 0.2) is 6.07 Å². The van der Waals surface area contributed by atoms with Crippen molar-refractivity contribution in [3.05, 3.63) is 20.3 Å². The van der Waals surface area contributed by atoms with Crippen molar-refractivity contribution in [3.8, 4) is 0 Å². The summed E-state index contributed by atoms with van der Waals surface area (Å²) in [5, 5.41) is 3.40. The Kier molecular flexibility index (Phi) is 5.94. The molecule has 0 aliphatic carbocycles. The zero-order chi connectivity index (χ0) is 11.3. The van der Waals surface area contributed by atoms with Crippen molar-refractivity contribution >= 4 is 34.5 Å². The quantitative estimate of drug-likeness (QED) is 0.775. The number of unbranched alkanes of at least 4 members (excludes halogenated alkanes) is 1. The van der Waals surface area contributed by atoms with E-state index in [1.54, 1.807) is 0 Å². The molecule has 0 aliphatic heterocycles. The lowest BCUT2D eigenvalue weighted by Gasteiger charge is -2.12. The first-order chi connectivity index (χ1) is 7.15. The van der Waals surface area contributed by atoms with E-state index >= 15 is 0 Å². The average molecular weight is 267 g/mol. The summed E-state index contributed by atoms with van der Waals surface area (Å²) in [5.74, 6) is 0. The summed E-state index contributed by atoms with van der Waals surface area (Å²) in [6, 6.07) is 2.17. The lowest BCUT2D eigenvalue weighted by atomic mass is 10.2. The van der Waals surface area contributed by atoms with Gasteiger partial charge in [-0.15, -0.1) is 11.3 Å². The Morgan fingerprint density at radius 2 is 2.20 bits per heavy atom. The first kappa shape index (κ1) is 13.3. The highest BCUT2D eigenvalue weighted by Gasteiger charge is 2.12. The van der Waals surface area contributed by atoms with Crippen LogP contribution < -0.4 is 11.1 Å². The maximum Gasteiger partial charge on any atom is 0.0991 e. The van der Waals surface area contributed by atoms with Gasteiger partial charge in [0.1, 0.15) is 0 Å². The Labute approximate surface area is 105 Å². The summed E-state index contributed by atoms with van der Waals surface area (Å²) in [4.78, 5) is 0. The van der Waals surface area contributed by atoms with Crippen LogP contribution in [-0.4, -0.2) is 13.1 Å². The fourth-order valence-corrected chi connectivity index (χ4v) is 2.99. The molecule has 0 saturated heterocycles. The van der Waals surface area contributed by atoms with E-state index in [1.807, 2.05) is 6.07 Å². The third-order valence-electron chi connectivity index (χ3n) is 2.23. The second-order valence-corrected chi connectivity index (χ2v) is 5.74. The van der Waals surface area contributed by atoms with Gasteiger partial charge in [0.15, 0.2) is 0 Å². The summed E-state index contributed by atoms with van der Waals surface area (Å²) in [7, 11) is 0. The van der Waals surface area contributed by atoms with Crippen molar-refractivity contribution < 1.29 is 0 Å². The minimum Gasteiger partial charge on any atom is -0.330 e. The summed E-state index contributed by atoms with van der Waals surface area (Å²) >= 11 is 13.3. The molecule has 1 unspecified atom stereocenters. The Hall–Kier alpha value is 0.200. The van der Waals surface area contributed by atoms with Crippen LogP contribution in [-0.2, 0) is 0 Å². The normalized spacial score (nSPS) is 13.1. The van der Waals surface area contributed by atoms with Crippen molar-refractivity contribution in [2.24, 2.45) is 5.73 Å². The van der Waals surface area contributed by atoms with E-state index in [-0.39, 0.29) is 6.04 Å². The zero-order valence-electron chi connectivity index (χ0n) is 8.72. The maximum atomic E-state index is 6.05. The number of halogens is 2. The Morgan fingerprint density at radius 1 is 1.47 bits per heavy atom. The minimum atomic E-state index is 0.249. The van der Waals surface area contributed by atoms with E-state index in [1.165, 1.54) is 11.3 Å². The number of thiophene rings is 1. The van der Waals surface area contributed by atoms with Crippen LogP contribution in [0.5, 0.6) is 0 Å². The van der Waals surface area contributed by atoms with E-state index < -0.39 is 0 Å². The molecule has 3 N–H and O–H groups in total. The van der Waals surface area contributed by atoms with Gasteiger partial charge in [-0.3, -0.25) is 0 Å². The van der Waals surface area contributed by atoms with Crippen LogP contribution in [0.3, 0.4) is 0 Å². The van der Waals surface area contributed by atoms with Gasteiger partial charge in [-0.25, -0.2) is 0 Å². The maximum absolute atomic E-state index is 6.05. The number of hydrogen-bond acceptors (Lipinski definition) is 3. The molecule has 2 nitrogen and oxygen atoms in total. The number of hydrogen-bond donors (Lipinski definition) is 2.